The first-order valence-corrected chi connectivity index (χ1v) is 10.5. The van der Waals surface area contributed by atoms with E-state index in [1.54, 1.807) is 25.1 Å². The molecule has 2 heterocycles. The molecule has 1 unspecified atom stereocenters. The van der Waals surface area contributed by atoms with Crippen LogP contribution < -0.4 is 5.32 Å². The van der Waals surface area contributed by atoms with Crippen LogP contribution in [0.2, 0.25) is 10.0 Å². The fourth-order valence-electron chi connectivity index (χ4n) is 2.73. The largest absolute Gasteiger partial charge is 0.379 e. The molecule has 1 atom stereocenters. The zero-order valence-corrected chi connectivity index (χ0v) is 16.9. The van der Waals surface area contributed by atoms with Crippen molar-refractivity contribution in [1.29, 1.82) is 0 Å². The van der Waals surface area contributed by atoms with Crippen LogP contribution in [0.15, 0.2) is 35.4 Å². The number of hydrogen-bond acceptors (Lipinski definition) is 4. The molecule has 10 heteroatoms. The molecule has 2 N–H and O–H groups in total. The molecule has 0 radical (unpaired) electrons. The molecule has 146 valence electrons. The molecule has 7 nitrogen and oxygen atoms in total. The number of hydrogen-bond donors (Lipinski definition) is 2. The molecule has 3 rings (SSSR count). The number of ether oxygens (including phenoxy) is 1. The summed E-state index contributed by atoms with van der Waals surface area (Å²) in [5.74, 6) is -0.419. The highest BCUT2D eigenvalue weighted by Crippen LogP contribution is 2.26. The number of H-pyrrole nitrogens is 1. The fourth-order valence-corrected chi connectivity index (χ4v) is 4.44. The van der Waals surface area contributed by atoms with Crippen molar-refractivity contribution in [2.45, 2.75) is 17.9 Å². The lowest BCUT2D eigenvalue weighted by Gasteiger charge is -2.25. The predicted molar refractivity (Wildman–Crippen MR) is 103 cm³/mol. The molecule has 1 aromatic heterocycles. The number of nitrogens with zero attached hydrogens (tertiary/aromatic N) is 1. The Morgan fingerprint density at radius 3 is 2.59 bits per heavy atom. The van der Waals surface area contributed by atoms with Crippen LogP contribution in [-0.2, 0) is 14.8 Å². The molecular weight excluding hydrogens is 413 g/mol. The van der Waals surface area contributed by atoms with Crippen LogP contribution in [0.3, 0.4) is 0 Å². The third-order valence-electron chi connectivity index (χ3n) is 4.30. The second-order valence-electron chi connectivity index (χ2n) is 6.13. The maximum absolute atomic E-state index is 12.6. The molecule has 0 spiro atoms. The van der Waals surface area contributed by atoms with Gasteiger partial charge in [-0.25, -0.2) is 8.42 Å². The van der Waals surface area contributed by atoms with Gasteiger partial charge in [-0.15, -0.1) is 0 Å². The molecule has 1 aromatic carbocycles. The van der Waals surface area contributed by atoms with Gasteiger partial charge < -0.3 is 15.0 Å². The molecule has 1 saturated heterocycles. The monoisotopic (exact) mass is 431 g/mol. The van der Waals surface area contributed by atoms with Gasteiger partial charge in [0, 0.05) is 19.3 Å². The molecule has 1 aliphatic rings. The van der Waals surface area contributed by atoms with Crippen LogP contribution in [0.1, 0.15) is 29.0 Å². The van der Waals surface area contributed by atoms with Crippen molar-refractivity contribution < 1.29 is 17.9 Å². The SMILES string of the molecule is CC(NC(=O)c1cc(S(=O)(=O)N2CCOCC2)c[nH]1)c1ccc(Cl)c(Cl)c1. The summed E-state index contributed by atoms with van der Waals surface area (Å²) in [7, 11) is -3.66. The number of carbonyl (C=O) groups is 1. The molecule has 0 aliphatic carbocycles. The van der Waals surface area contributed by atoms with Gasteiger partial charge in [-0.2, -0.15) is 4.31 Å². The zero-order valence-electron chi connectivity index (χ0n) is 14.5. The van der Waals surface area contributed by atoms with Crippen molar-refractivity contribution in [2.24, 2.45) is 0 Å². The maximum atomic E-state index is 12.6. The van der Waals surface area contributed by atoms with Crippen LogP contribution in [-0.4, -0.2) is 49.9 Å². The summed E-state index contributed by atoms with van der Waals surface area (Å²) in [6.45, 7) is 3.11. The fraction of sp³-hybridized carbons (Fsp3) is 0.353. The average molecular weight is 432 g/mol. The van der Waals surface area contributed by atoms with Crippen molar-refractivity contribution in [2.75, 3.05) is 26.3 Å². The Bertz CT molecular complexity index is 939. The zero-order chi connectivity index (χ0) is 19.6. The molecule has 2 aromatic rings. The molecular formula is C17H19Cl2N3O4S. The van der Waals surface area contributed by atoms with Crippen LogP contribution in [0.25, 0.3) is 0 Å². The minimum absolute atomic E-state index is 0.0525. The number of nitrogens with one attached hydrogen (secondary N) is 2. The molecule has 1 aliphatic heterocycles. The normalized spacial score (nSPS) is 16.9. The predicted octanol–water partition coefficient (Wildman–Crippen LogP) is 2.83. The van der Waals surface area contributed by atoms with E-state index in [0.29, 0.717) is 36.3 Å². The number of aromatic nitrogens is 1. The lowest BCUT2D eigenvalue weighted by molar-refractivity contribution is 0.0730. The molecule has 27 heavy (non-hydrogen) atoms. The van der Waals surface area contributed by atoms with Gasteiger partial charge >= 0.3 is 0 Å². The minimum atomic E-state index is -3.66. The summed E-state index contributed by atoms with van der Waals surface area (Å²) in [5, 5.41) is 3.63. The Balaban J connectivity index is 1.71. The van der Waals surface area contributed by atoms with Crippen LogP contribution >= 0.6 is 23.2 Å². The number of rotatable bonds is 5. The second-order valence-corrected chi connectivity index (χ2v) is 8.89. The van der Waals surface area contributed by atoms with Crippen LogP contribution in [0.4, 0.5) is 0 Å². The second kappa shape index (κ2) is 8.20. The standard InChI is InChI=1S/C17H19Cl2N3O4S/c1-11(12-2-3-14(18)15(19)8-12)21-17(23)16-9-13(10-20-16)27(24,25)22-4-6-26-7-5-22/h2-3,8-11,20H,4-7H2,1H3,(H,21,23). The van der Waals surface area contributed by atoms with Crippen molar-refractivity contribution in [3.05, 3.63) is 51.8 Å². The number of sulfonamides is 1. The summed E-state index contributed by atoms with van der Waals surface area (Å²) >= 11 is 11.9. The van der Waals surface area contributed by atoms with Crippen molar-refractivity contribution in [3.8, 4) is 0 Å². The van der Waals surface area contributed by atoms with Gasteiger partial charge in [0.05, 0.1) is 29.3 Å². The van der Waals surface area contributed by atoms with Gasteiger partial charge in [-0.1, -0.05) is 29.3 Å². The Morgan fingerprint density at radius 1 is 1.22 bits per heavy atom. The van der Waals surface area contributed by atoms with Gasteiger partial charge in [-0.3, -0.25) is 4.79 Å². The molecule has 0 bridgehead atoms. The third-order valence-corrected chi connectivity index (χ3v) is 6.92. The molecule has 1 fully saturated rings. The first-order chi connectivity index (χ1) is 12.8. The van der Waals surface area contributed by atoms with E-state index in [9.17, 15) is 13.2 Å². The van der Waals surface area contributed by atoms with E-state index < -0.39 is 15.9 Å². The molecule has 1 amide bonds. The first-order valence-electron chi connectivity index (χ1n) is 8.31. The van der Waals surface area contributed by atoms with Crippen LogP contribution in [0, 0.1) is 0 Å². The maximum Gasteiger partial charge on any atom is 0.268 e. The van der Waals surface area contributed by atoms with E-state index in [1.165, 1.54) is 16.6 Å². The van der Waals surface area contributed by atoms with Gasteiger partial charge in [0.25, 0.3) is 5.91 Å². The summed E-state index contributed by atoms with van der Waals surface area (Å²) in [6.07, 6.45) is 1.32. The summed E-state index contributed by atoms with van der Waals surface area (Å²) in [4.78, 5) is 15.3. The number of benzene rings is 1. The Hall–Kier alpha value is -1.58. The first kappa shape index (κ1) is 20.2. The van der Waals surface area contributed by atoms with E-state index in [2.05, 4.69) is 10.3 Å². The Kier molecular flexibility index (Phi) is 6.12. The molecule has 0 saturated carbocycles. The summed E-state index contributed by atoms with van der Waals surface area (Å²) in [5.41, 5.74) is 0.944. The van der Waals surface area contributed by atoms with Gasteiger partial charge in [-0.05, 0) is 30.7 Å². The Labute approximate surface area is 167 Å². The topological polar surface area (TPSA) is 91.5 Å². The lowest BCUT2D eigenvalue weighted by atomic mass is 10.1. The summed E-state index contributed by atoms with van der Waals surface area (Å²) in [6, 6.07) is 6.10. The number of amides is 1. The van der Waals surface area contributed by atoms with E-state index in [1.807, 2.05) is 0 Å². The highest BCUT2D eigenvalue weighted by molar-refractivity contribution is 7.89. The van der Waals surface area contributed by atoms with Crippen LogP contribution in [0.5, 0.6) is 0 Å². The Morgan fingerprint density at radius 2 is 1.93 bits per heavy atom. The highest BCUT2D eigenvalue weighted by atomic mass is 35.5. The van der Waals surface area contributed by atoms with Gasteiger partial charge in [0.15, 0.2) is 0 Å². The smallest absolute Gasteiger partial charge is 0.268 e. The average Bonchev–Trinajstić information content (AvgIpc) is 3.16. The van der Waals surface area contributed by atoms with E-state index in [-0.39, 0.29) is 16.6 Å². The quantitative estimate of drug-likeness (QED) is 0.760. The van der Waals surface area contributed by atoms with E-state index >= 15 is 0 Å². The summed E-state index contributed by atoms with van der Waals surface area (Å²) < 4.78 is 31.8. The van der Waals surface area contributed by atoms with Gasteiger partial charge in [0.1, 0.15) is 10.6 Å². The van der Waals surface area contributed by atoms with Crippen molar-refractivity contribution in [1.82, 2.24) is 14.6 Å². The van der Waals surface area contributed by atoms with Crippen molar-refractivity contribution in [3.63, 3.8) is 0 Å². The highest BCUT2D eigenvalue weighted by Gasteiger charge is 2.28. The number of aromatic amines is 1. The van der Waals surface area contributed by atoms with Crippen molar-refractivity contribution >= 4 is 39.1 Å². The third kappa shape index (κ3) is 4.47. The number of halogens is 2. The van der Waals surface area contributed by atoms with E-state index in [0.717, 1.165) is 5.56 Å². The number of morpholine rings is 1. The van der Waals surface area contributed by atoms with Gasteiger partial charge in [0.2, 0.25) is 10.0 Å². The number of carbonyl (C=O) groups excluding carboxylic acids is 1. The van der Waals surface area contributed by atoms with E-state index in [4.69, 9.17) is 27.9 Å². The minimum Gasteiger partial charge on any atom is -0.379 e. The lowest BCUT2D eigenvalue weighted by Crippen LogP contribution is -2.40.